The monoisotopic (exact) mass is 266 g/mol. The number of hydrogen-bond acceptors (Lipinski definition) is 1. The molecule has 1 saturated carbocycles. The van der Waals surface area contributed by atoms with E-state index in [1.54, 1.807) is 0 Å². The van der Waals surface area contributed by atoms with Gasteiger partial charge in [0.15, 0.2) is 0 Å². The van der Waals surface area contributed by atoms with Gasteiger partial charge in [0.25, 0.3) is 0 Å². The van der Waals surface area contributed by atoms with Crippen LogP contribution < -0.4 is 0 Å². The number of hydrogen-bond donors (Lipinski definition) is 0. The molecule has 0 radical (unpaired) electrons. The Morgan fingerprint density at radius 3 is 1.88 bits per heavy atom. The van der Waals surface area contributed by atoms with Crippen LogP contribution >= 0.6 is 0 Å². The molecule has 100 valence electrons. The van der Waals surface area contributed by atoms with Crippen molar-refractivity contribution < 1.29 is 35.5 Å². The fourth-order valence-electron chi connectivity index (χ4n) is 1.77. The maximum absolute atomic E-state index is 13.1. The lowest BCUT2D eigenvalue weighted by Crippen LogP contribution is -2.57. The molecule has 1 aliphatic rings. The summed E-state index contributed by atoms with van der Waals surface area (Å²) in [5.41, 5.74) is 0. The zero-order valence-electron chi connectivity index (χ0n) is 8.46. The molecule has 1 nitrogen and oxygen atoms in total. The number of alkyl halides is 7. The van der Waals surface area contributed by atoms with Crippen molar-refractivity contribution >= 4 is 5.78 Å². The number of halogens is 7. The molecule has 0 aromatic heterocycles. The second kappa shape index (κ2) is 4.13. The predicted molar refractivity (Wildman–Crippen MR) is 42.9 cm³/mol. The number of rotatable bonds is 2. The molecule has 0 aliphatic heterocycles. The lowest BCUT2D eigenvalue weighted by Gasteiger charge is -2.34. The Labute approximate surface area is 92.0 Å². The van der Waals surface area contributed by atoms with E-state index in [0.29, 0.717) is 0 Å². The van der Waals surface area contributed by atoms with Crippen LogP contribution in [-0.2, 0) is 4.79 Å². The van der Waals surface area contributed by atoms with Gasteiger partial charge in [-0.1, -0.05) is 6.42 Å². The molecule has 0 spiro atoms. The molecule has 1 fully saturated rings. The van der Waals surface area contributed by atoms with Crippen molar-refractivity contribution in [1.82, 2.24) is 0 Å². The third kappa shape index (κ3) is 2.26. The van der Waals surface area contributed by atoms with Gasteiger partial charge in [-0.15, -0.1) is 0 Å². The molecule has 1 unspecified atom stereocenters. The Morgan fingerprint density at radius 2 is 1.47 bits per heavy atom. The van der Waals surface area contributed by atoms with Crippen LogP contribution in [0.4, 0.5) is 30.7 Å². The van der Waals surface area contributed by atoms with Gasteiger partial charge in [0.05, 0.1) is 5.92 Å². The summed E-state index contributed by atoms with van der Waals surface area (Å²) in [6, 6.07) is 0. The topological polar surface area (TPSA) is 17.1 Å². The molecule has 1 rings (SSSR count). The smallest absolute Gasteiger partial charge is 0.299 e. The Bertz CT molecular complexity index is 307. The van der Waals surface area contributed by atoms with Crippen molar-refractivity contribution in [3.63, 3.8) is 0 Å². The highest BCUT2D eigenvalue weighted by atomic mass is 19.4. The van der Waals surface area contributed by atoms with Crippen LogP contribution in [0.15, 0.2) is 0 Å². The van der Waals surface area contributed by atoms with Gasteiger partial charge in [0, 0.05) is 6.42 Å². The van der Waals surface area contributed by atoms with E-state index in [2.05, 4.69) is 0 Å². The predicted octanol–water partition coefficient (Wildman–Crippen LogP) is 3.58. The molecule has 0 N–H and O–H groups in total. The third-order valence-corrected chi connectivity index (χ3v) is 2.77. The first kappa shape index (κ1) is 14.2. The van der Waals surface area contributed by atoms with Gasteiger partial charge >= 0.3 is 18.0 Å². The van der Waals surface area contributed by atoms with Gasteiger partial charge in [0.2, 0.25) is 0 Å². The number of carbonyl (C=O) groups excluding carboxylic acids is 1. The van der Waals surface area contributed by atoms with Gasteiger partial charge in [-0.25, -0.2) is 0 Å². The van der Waals surface area contributed by atoms with Crippen molar-refractivity contribution in [3.05, 3.63) is 0 Å². The van der Waals surface area contributed by atoms with Crippen molar-refractivity contribution in [1.29, 1.82) is 0 Å². The van der Waals surface area contributed by atoms with E-state index in [1.807, 2.05) is 0 Å². The van der Waals surface area contributed by atoms with Crippen LogP contribution in [0.3, 0.4) is 0 Å². The van der Waals surface area contributed by atoms with Crippen LogP contribution in [0, 0.1) is 5.92 Å². The SMILES string of the molecule is O=C1CCCCC1C(F)(F)C(F)(F)C(F)(F)F. The second-order valence-corrected chi connectivity index (χ2v) is 3.96. The van der Waals surface area contributed by atoms with Crippen molar-refractivity contribution in [2.75, 3.05) is 0 Å². The fraction of sp³-hybridized carbons (Fsp3) is 0.889. The average molecular weight is 266 g/mol. The second-order valence-electron chi connectivity index (χ2n) is 3.96. The van der Waals surface area contributed by atoms with E-state index in [1.165, 1.54) is 0 Å². The summed E-state index contributed by atoms with van der Waals surface area (Å²) in [5.74, 6) is -15.3. The summed E-state index contributed by atoms with van der Waals surface area (Å²) >= 11 is 0. The largest absolute Gasteiger partial charge is 0.459 e. The minimum absolute atomic E-state index is 0.0416. The Morgan fingerprint density at radius 1 is 0.941 bits per heavy atom. The van der Waals surface area contributed by atoms with Gasteiger partial charge in [0.1, 0.15) is 5.78 Å². The molecule has 0 aromatic rings. The van der Waals surface area contributed by atoms with Crippen LogP contribution in [0.1, 0.15) is 25.7 Å². The van der Waals surface area contributed by atoms with Gasteiger partial charge in [-0.3, -0.25) is 4.79 Å². The molecular weight excluding hydrogens is 257 g/mol. The van der Waals surface area contributed by atoms with Crippen molar-refractivity contribution in [3.8, 4) is 0 Å². The lowest BCUT2D eigenvalue weighted by atomic mass is 9.81. The first-order valence-electron chi connectivity index (χ1n) is 4.87. The van der Waals surface area contributed by atoms with Gasteiger partial charge in [-0.05, 0) is 12.8 Å². The summed E-state index contributed by atoms with van der Waals surface area (Å²) < 4.78 is 87.2. The lowest BCUT2D eigenvalue weighted by molar-refractivity contribution is -0.363. The van der Waals surface area contributed by atoms with Crippen LogP contribution in [-0.4, -0.2) is 23.8 Å². The molecule has 1 aliphatic carbocycles. The number of ketones is 1. The molecule has 0 bridgehead atoms. The number of Topliss-reactive ketones (excluding diaryl/α,β-unsaturated/α-hetero) is 1. The maximum atomic E-state index is 13.1. The van der Waals surface area contributed by atoms with Crippen LogP contribution in [0.25, 0.3) is 0 Å². The summed E-state index contributed by atoms with van der Waals surface area (Å²) in [7, 11) is 0. The summed E-state index contributed by atoms with van der Waals surface area (Å²) in [5, 5.41) is 0. The Kier molecular flexibility index (Phi) is 3.46. The number of carbonyl (C=O) groups is 1. The van der Waals surface area contributed by atoms with Crippen molar-refractivity contribution in [2.24, 2.45) is 5.92 Å². The molecule has 0 amide bonds. The van der Waals surface area contributed by atoms with E-state index in [0.717, 1.165) is 0 Å². The van der Waals surface area contributed by atoms with Crippen LogP contribution in [0.2, 0.25) is 0 Å². The van der Waals surface area contributed by atoms with E-state index >= 15 is 0 Å². The third-order valence-electron chi connectivity index (χ3n) is 2.77. The summed E-state index contributed by atoms with van der Waals surface area (Å²) in [4.78, 5) is 11.0. The van der Waals surface area contributed by atoms with E-state index < -0.39 is 36.1 Å². The van der Waals surface area contributed by atoms with Gasteiger partial charge in [-0.2, -0.15) is 30.7 Å². The molecule has 0 aromatic carbocycles. The molecular formula is C9H9F7O. The summed E-state index contributed by atoms with van der Waals surface area (Å²) in [6.45, 7) is 0. The minimum Gasteiger partial charge on any atom is -0.299 e. The highest BCUT2D eigenvalue weighted by Gasteiger charge is 2.75. The molecule has 8 heteroatoms. The first-order chi connectivity index (χ1) is 7.52. The Hall–Kier alpha value is -0.820. The van der Waals surface area contributed by atoms with E-state index in [9.17, 15) is 35.5 Å². The highest BCUT2D eigenvalue weighted by molar-refractivity contribution is 5.82. The normalized spacial score (nSPS) is 23.9. The average Bonchev–Trinajstić information content (AvgIpc) is 2.16. The first-order valence-corrected chi connectivity index (χ1v) is 4.87. The summed E-state index contributed by atoms with van der Waals surface area (Å²) in [6.07, 6.45) is -7.11. The quantitative estimate of drug-likeness (QED) is 0.698. The maximum Gasteiger partial charge on any atom is 0.459 e. The van der Waals surface area contributed by atoms with Crippen molar-refractivity contribution in [2.45, 2.75) is 43.7 Å². The van der Waals surface area contributed by atoms with Gasteiger partial charge < -0.3 is 0 Å². The zero-order valence-corrected chi connectivity index (χ0v) is 8.46. The standard InChI is InChI=1S/C9H9F7O/c10-7(11,8(12,13)9(14,15)16)5-3-1-2-4-6(5)17/h5H,1-4H2. The fourth-order valence-corrected chi connectivity index (χ4v) is 1.77. The van der Waals surface area contributed by atoms with E-state index in [4.69, 9.17) is 0 Å². The molecule has 1 atom stereocenters. The molecule has 0 saturated heterocycles. The van der Waals surface area contributed by atoms with Crippen LogP contribution in [0.5, 0.6) is 0 Å². The molecule has 17 heavy (non-hydrogen) atoms. The Balaban J connectivity index is 3.04. The molecule has 0 heterocycles. The minimum atomic E-state index is -6.37. The highest BCUT2D eigenvalue weighted by Crippen LogP contribution is 2.52. The van der Waals surface area contributed by atoms with E-state index in [-0.39, 0.29) is 19.3 Å². The zero-order chi connectivity index (χ0) is 13.5.